The molecular formula is C32H52O7Si2. The van der Waals surface area contributed by atoms with Crippen LogP contribution in [0.4, 0.5) is 0 Å². The van der Waals surface area contributed by atoms with Gasteiger partial charge in [-0.05, 0) is 61.7 Å². The normalized spacial score (nSPS) is 26.5. The molecule has 3 aliphatic rings. The SMILES string of the molecule is COc1ccc(OC)c2c1C(=O)[C@@H]1[C@H](O[Si](C)(C)C(C)(C)C)C=C(C)C[C@]1(CO[Si](C)(C)C(C)(C)C)C21OCCO1. The van der Waals surface area contributed by atoms with E-state index in [0.717, 1.165) is 5.57 Å². The van der Waals surface area contributed by atoms with Crippen LogP contribution in [-0.4, -0.2) is 62.6 Å². The molecule has 0 radical (unpaired) electrons. The van der Waals surface area contributed by atoms with E-state index >= 15 is 4.79 Å². The molecule has 0 amide bonds. The van der Waals surface area contributed by atoms with E-state index < -0.39 is 39.9 Å². The number of Topliss-reactive ketones (excluding diaryl/α,β-unsaturated/α-hetero) is 1. The quantitative estimate of drug-likeness (QED) is 0.236. The van der Waals surface area contributed by atoms with Gasteiger partial charge < -0.3 is 27.8 Å². The number of hydrogen-bond donors (Lipinski definition) is 0. The van der Waals surface area contributed by atoms with Gasteiger partial charge in [-0.25, -0.2) is 0 Å². The van der Waals surface area contributed by atoms with Gasteiger partial charge in [0.2, 0.25) is 5.79 Å². The molecule has 1 heterocycles. The van der Waals surface area contributed by atoms with Crippen molar-refractivity contribution < 1.29 is 32.6 Å². The van der Waals surface area contributed by atoms with Crippen LogP contribution < -0.4 is 9.47 Å². The summed E-state index contributed by atoms with van der Waals surface area (Å²) >= 11 is 0. The average Bonchev–Trinajstić information content (AvgIpc) is 3.34. The molecule has 1 aliphatic heterocycles. The molecule has 9 heteroatoms. The molecular weight excluding hydrogens is 553 g/mol. The van der Waals surface area contributed by atoms with Crippen molar-refractivity contribution in [3.63, 3.8) is 0 Å². The zero-order valence-electron chi connectivity index (χ0n) is 27.6. The van der Waals surface area contributed by atoms with Crippen LogP contribution in [0.15, 0.2) is 23.8 Å². The van der Waals surface area contributed by atoms with Gasteiger partial charge in [-0.3, -0.25) is 4.79 Å². The zero-order valence-corrected chi connectivity index (χ0v) is 29.6. The predicted molar refractivity (Wildman–Crippen MR) is 167 cm³/mol. The van der Waals surface area contributed by atoms with Gasteiger partial charge in [0.25, 0.3) is 0 Å². The van der Waals surface area contributed by atoms with Crippen LogP contribution >= 0.6 is 0 Å². The Morgan fingerprint density at radius 2 is 1.44 bits per heavy atom. The molecule has 4 rings (SSSR count). The molecule has 1 saturated heterocycles. The van der Waals surface area contributed by atoms with Crippen molar-refractivity contribution in [1.29, 1.82) is 0 Å². The molecule has 0 unspecified atom stereocenters. The highest BCUT2D eigenvalue weighted by Crippen LogP contribution is 2.65. The molecule has 0 bridgehead atoms. The molecule has 1 aromatic rings. The van der Waals surface area contributed by atoms with Crippen LogP contribution in [0.3, 0.4) is 0 Å². The van der Waals surface area contributed by atoms with Gasteiger partial charge in [0, 0.05) is 6.61 Å². The second-order valence-electron chi connectivity index (χ2n) is 15.1. The monoisotopic (exact) mass is 604 g/mol. The minimum atomic E-state index is -2.30. The summed E-state index contributed by atoms with van der Waals surface area (Å²) in [5, 5.41) is -0.0567. The number of carbonyl (C=O) groups is 1. The van der Waals surface area contributed by atoms with E-state index in [2.05, 4.69) is 80.7 Å². The number of carbonyl (C=O) groups excluding carboxylic acids is 1. The molecule has 2 aliphatic carbocycles. The molecule has 230 valence electrons. The van der Waals surface area contributed by atoms with Crippen molar-refractivity contribution in [3.05, 3.63) is 34.9 Å². The third-order valence-electron chi connectivity index (χ3n) is 10.5. The third kappa shape index (κ3) is 5.08. The number of methoxy groups -OCH3 is 2. The fourth-order valence-electron chi connectivity index (χ4n) is 6.18. The van der Waals surface area contributed by atoms with Gasteiger partial charge >= 0.3 is 0 Å². The summed E-state index contributed by atoms with van der Waals surface area (Å²) in [5.74, 6) is -0.868. The Bertz CT molecular complexity index is 1200. The minimum absolute atomic E-state index is 0.0161. The van der Waals surface area contributed by atoms with Crippen molar-refractivity contribution in [2.45, 2.75) is 103 Å². The summed E-state index contributed by atoms with van der Waals surface area (Å²) < 4.78 is 39.5. The largest absolute Gasteiger partial charge is 0.496 e. The highest BCUT2D eigenvalue weighted by Gasteiger charge is 2.71. The summed E-state index contributed by atoms with van der Waals surface area (Å²) in [6, 6.07) is 3.64. The summed E-state index contributed by atoms with van der Waals surface area (Å²) in [6.45, 7) is 25.6. The fraction of sp³-hybridized carbons (Fsp3) is 0.719. The summed E-state index contributed by atoms with van der Waals surface area (Å²) in [5.41, 5.74) is 1.32. The van der Waals surface area contributed by atoms with E-state index in [1.54, 1.807) is 20.3 Å². The maximum absolute atomic E-state index is 15.0. The molecule has 1 fully saturated rings. The smallest absolute Gasteiger partial charge is 0.208 e. The van der Waals surface area contributed by atoms with Gasteiger partial charge in [-0.2, -0.15) is 0 Å². The standard InChI is InChI=1S/C32H52O7Si2/c1-21-18-24(39-41(12,13)30(5,6)7)27-28(33)25-22(34-8)14-15-23(35-9)26(25)32(36-16-17-37-32)31(27,19-21)20-38-40(10,11)29(2,3)4/h14-15,18,24,27H,16-17,19-20H2,1-13H3/t24-,27+,31-/m1/s1. The average molecular weight is 605 g/mol. The van der Waals surface area contributed by atoms with Gasteiger partial charge in [-0.1, -0.05) is 53.2 Å². The van der Waals surface area contributed by atoms with Crippen LogP contribution in [0.5, 0.6) is 11.5 Å². The van der Waals surface area contributed by atoms with Crippen LogP contribution in [-0.2, 0) is 24.1 Å². The first-order valence-electron chi connectivity index (χ1n) is 14.9. The topological polar surface area (TPSA) is 72.5 Å². The molecule has 3 atom stereocenters. The summed E-state index contributed by atoms with van der Waals surface area (Å²) in [4.78, 5) is 15.0. The maximum atomic E-state index is 15.0. The Hall–Kier alpha value is -1.50. The van der Waals surface area contributed by atoms with Crippen molar-refractivity contribution in [2.24, 2.45) is 11.3 Å². The summed E-state index contributed by atoms with van der Waals surface area (Å²) in [7, 11) is -1.33. The van der Waals surface area contributed by atoms with Crippen LogP contribution in [0.2, 0.25) is 36.3 Å². The zero-order chi connectivity index (χ0) is 30.8. The van der Waals surface area contributed by atoms with Crippen LogP contribution in [0, 0.1) is 11.3 Å². The van der Waals surface area contributed by atoms with Gasteiger partial charge in [-0.15, -0.1) is 0 Å². The Balaban J connectivity index is 2.04. The van der Waals surface area contributed by atoms with Crippen molar-refractivity contribution in [3.8, 4) is 11.5 Å². The number of ketones is 1. The Kier molecular flexibility index (Phi) is 8.38. The minimum Gasteiger partial charge on any atom is -0.496 e. The van der Waals surface area contributed by atoms with Crippen LogP contribution in [0.25, 0.3) is 0 Å². The lowest BCUT2D eigenvalue weighted by molar-refractivity contribution is -0.280. The third-order valence-corrected chi connectivity index (χ3v) is 19.4. The first-order valence-corrected chi connectivity index (χ1v) is 20.7. The van der Waals surface area contributed by atoms with Gasteiger partial charge in [0.1, 0.15) is 11.5 Å². The maximum Gasteiger partial charge on any atom is 0.208 e. The molecule has 0 saturated carbocycles. The van der Waals surface area contributed by atoms with Crippen molar-refractivity contribution >= 4 is 22.4 Å². The first-order chi connectivity index (χ1) is 18.8. The molecule has 1 spiro atoms. The predicted octanol–water partition coefficient (Wildman–Crippen LogP) is 7.46. The van der Waals surface area contributed by atoms with E-state index in [1.165, 1.54) is 0 Å². The lowest BCUT2D eigenvalue weighted by Gasteiger charge is -2.58. The number of hydrogen-bond acceptors (Lipinski definition) is 7. The first kappa shape index (κ1) is 32.4. The Morgan fingerprint density at radius 3 is 1.95 bits per heavy atom. The van der Waals surface area contributed by atoms with E-state index in [-0.39, 0.29) is 15.9 Å². The second-order valence-corrected chi connectivity index (χ2v) is 24.7. The number of allylic oxidation sites excluding steroid dienone is 1. The molecule has 0 N–H and O–H groups in total. The van der Waals surface area contributed by atoms with Gasteiger partial charge in [0.15, 0.2) is 22.4 Å². The van der Waals surface area contributed by atoms with E-state index in [4.69, 9.17) is 27.8 Å². The Morgan fingerprint density at radius 1 is 0.902 bits per heavy atom. The molecule has 0 aromatic heterocycles. The lowest BCUT2D eigenvalue weighted by Crippen LogP contribution is -2.65. The molecule has 1 aromatic carbocycles. The molecule has 7 nitrogen and oxygen atoms in total. The Labute approximate surface area is 249 Å². The van der Waals surface area contributed by atoms with Crippen molar-refractivity contribution in [2.75, 3.05) is 34.0 Å². The van der Waals surface area contributed by atoms with Crippen molar-refractivity contribution in [1.82, 2.24) is 0 Å². The number of benzene rings is 1. The number of ether oxygens (including phenoxy) is 4. The van der Waals surface area contributed by atoms with E-state index in [9.17, 15) is 0 Å². The van der Waals surface area contributed by atoms with E-state index in [1.807, 2.05) is 6.07 Å². The fourth-order valence-corrected chi connectivity index (χ4v) is 8.47. The lowest BCUT2D eigenvalue weighted by atomic mass is 9.54. The highest BCUT2D eigenvalue weighted by molar-refractivity contribution is 6.74. The van der Waals surface area contributed by atoms with Crippen LogP contribution in [0.1, 0.15) is 70.8 Å². The number of rotatable bonds is 7. The van der Waals surface area contributed by atoms with Gasteiger partial charge in [0.05, 0.1) is 56.0 Å². The second kappa shape index (κ2) is 10.6. The van der Waals surface area contributed by atoms with E-state index in [0.29, 0.717) is 48.9 Å². The highest BCUT2D eigenvalue weighted by atomic mass is 28.4. The number of fused-ring (bicyclic) bond motifs is 4. The molecule has 41 heavy (non-hydrogen) atoms. The summed E-state index contributed by atoms with van der Waals surface area (Å²) in [6.07, 6.45) is 2.28.